The van der Waals surface area contributed by atoms with Gasteiger partial charge in [0.05, 0.1) is 16.3 Å². The molecule has 1 amide bonds. The van der Waals surface area contributed by atoms with Gasteiger partial charge in [-0.1, -0.05) is 68.3 Å². The lowest BCUT2D eigenvalue weighted by atomic mass is 10.1. The van der Waals surface area contributed by atoms with Gasteiger partial charge in [-0.3, -0.25) is 9.10 Å². The summed E-state index contributed by atoms with van der Waals surface area (Å²) >= 11 is 6.75. The molecule has 0 saturated heterocycles. The highest BCUT2D eigenvalue weighted by Crippen LogP contribution is 2.26. The standard InChI is InChI=1S/C22H19Br2N3O3S/c1-16(17-7-5-8-18(23)13-17)25-26-22(28)15-27(20-10-6-9-19(24)14-20)31(29,30)21-11-3-2-4-12-21/h2-14H,15H2,1H3,(H,26,28)/b25-16-. The second kappa shape index (κ2) is 10.2. The van der Waals surface area contributed by atoms with E-state index < -0.39 is 22.5 Å². The number of hydrazone groups is 1. The molecule has 160 valence electrons. The van der Waals surface area contributed by atoms with E-state index in [9.17, 15) is 13.2 Å². The Hall–Kier alpha value is -2.49. The van der Waals surface area contributed by atoms with Crippen LogP contribution in [-0.2, 0) is 14.8 Å². The van der Waals surface area contributed by atoms with Crippen molar-refractivity contribution in [3.8, 4) is 0 Å². The van der Waals surface area contributed by atoms with Crippen LogP contribution in [0.25, 0.3) is 0 Å². The third-order valence-corrected chi connectivity index (χ3v) is 7.08. The first-order chi connectivity index (χ1) is 14.8. The Balaban J connectivity index is 1.87. The summed E-state index contributed by atoms with van der Waals surface area (Å²) in [5.74, 6) is -0.561. The number of hydrogen-bond donors (Lipinski definition) is 1. The van der Waals surface area contributed by atoms with Crippen LogP contribution < -0.4 is 9.73 Å². The second-order valence-corrected chi connectivity index (χ2v) is 10.2. The van der Waals surface area contributed by atoms with Crippen LogP contribution in [0, 0.1) is 0 Å². The highest BCUT2D eigenvalue weighted by molar-refractivity contribution is 9.10. The van der Waals surface area contributed by atoms with Crippen molar-refractivity contribution in [2.24, 2.45) is 5.10 Å². The Bertz CT molecular complexity index is 1220. The Morgan fingerprint density at radius 2 is 1.58 bits per heavy atom. The smallest absolute Gasteiger partial charge is 0.264 e. The number of halogens is 2. The van der Waals surface area contributed by atoms with Crippen LogP contribution in [0.5, 0.6) is 0 Å². The topological polar surface area (TPSA) is 78.8 Å². The van der Waals surface area contributed by atoms with Crippen molar-refractivity contribution in [2.75, 3.05) is 10.8 Å². The van der Waals surface area contributed by atoms with E-state index in [0.717, 1.165) is 14.3 Å². The first kappa shape index (κ1) is 23.2. The fourth-order valence-electron chi connectivity index (χ4n) is 2.76. The molecule has 0 atom stereocenters. The van der Waals surface area contributed by atoms with Gasteiger partial charge in [0.25, 0.3) is 15.9 Å². The third-order valence-electron chi connectivity index (χ3n) is 4.31. The van der Waals surface area contributed by atoms with E-state index in [-0.39, 0.29) is 4.90 Å². The summed E-state index contributed by atoms with van der Waals surface area (Å²) in [4.78, 5) is 12.7. The van der Waals surface area contributed by atoms with Crippen LogP contribution in [0.3, 0.4) is 0 Å². The van der Waals surface area contributed by atoms with Gasteiger partial charge in [0.15, 0.2) is 0 Å². The summed E-state index contributed by atoms with van der Waals surface area (Å²) in [6.07, 6.45) is 0. The average molecular weight is 565 g/mol. The van der Waals surface area contributed by atoms with Gasteiger partial charge in [-0.2, -0.15) is 5.10 Å². The molecule has 0 aliphatic heterocycles. The van der Waals surface area contributed by atoms with Crippen LogP contribution in [0.1, 0.15) is 12.5 Å². The molecule has 3 aromatic carbocycles. The number of amides is 1. The molecule has 0 unspecified atom stereocenters. The molecule has 0 fully saturated rings. The normalized spacial score (nSPS) is 11.8. The van der Waals surface area contributed by atoms with Crippen molar-refractivity contribution in [3.05, 3.63) is 93.4 Å². The monoisotopic (exact) mass is 563 g/mol. The van der Waals surface area contributed by atoms with E-state index in [0.29, 0.717) is 15.9 Å². The van der Waals surface area contributed by atoms with Gasteiger partial charge in [0.1, 0.15) is 6.54 Å². The number of carbonyl (C=O) groups excluding carboxylic acids is 1. The van der Waals surface area contributed by atoms with Gasteiger partial charge < -0.3 is 0 Å². The Morgan fingerprint density at radius 1 is 0.935 bits per heavy atom. The van der Waals surface area contributed by atoms with E-state index in [1.807, 2.05) is 24.3 Å². The lowest BCUT2D eigenvalue weighted by molar-refractivity contribution is -0.119. The SMILES string of the molecule is C/C(=N/NC(=O)CN(c1cccc(Br)c1)S(=O)(=O)c1ccccc1)c1cccc(Br)c1. The van der Waals surface area contributed by atoms with E-state index in [2.05, 4.69) is 42.4 Å². The molecule has 31 heavy (non-hydrogen) atoms. The summed E-state index contributed by atoms with van der Waals surface area (Å²) in [6, 6.07) is 22.2. The van der Waals surface area contributed by atoms with Crippen LogP contribution in [0.2, 0.25) is 0 Å². The lowest BCUT2D eigenvalue weighted by Gasteiger charge is -2.24. The number of rotatable bonds is 7. The number of hydrogen-bond acceptors (Lipinski definition) is 4. The van der Waals surface area contributed by atoms with Gasteiger partial charge in [0, 0.05) is 8.95 Å². The zero-order chi connectivity index (χ0) is 22.4. The van der Waals surface area contributed by atoms with Gasteiger partial charge in [-0.15, -0.1) is 0 Å². The highest BCUT2D eigenvalue weighted by atomic mass is 79.9. The summed E-state index contributed by atoms with van der Waals surface area (Å²) in [7, 11) is -3.97. The van der Waals surface area contributed by atoms with E-state index in [1.54, 1.807) is 49.4 Å². The molecule has 9 heteroatoms. The molecule has 0 spiro atoms. The molecule has 0 radical (unpaired) electrons. The van der Waals surface area contributed by atoms with Crippen molar-refractivity contribution in [3.63, 3.8) is 0 Å². The molecule has 0 aromatic heterocycles. The van der Waals surface area contributed by atoms with Crippen molar-refractivity contribution in [2.45, 2.75) is 11.8 Å². The number of benzene rings is 3. The van der Waals surface area contributed by atoms with E-state index >= 15 is 0 Å². The fraction of sp³-hybridized carbons (Fsp3) is 0.0909. The van der Waals surface area contributed by atoms with E-state index in [4.69, 9.17) is 0 Å². The van der Waals surface area contributed by atoms with Gasteiger partial charge in [-0.25, -0.2) is 13.8 Å². The number of carbonyl (C=O) groups is 1. The van der Waals surface area contributed by atoms with Gasteiger partial charge >= 0.3 is 0 Å². The summed E-state index contributed by atoms with van der Waals surface area (Å²) < 4.78 is 29.2. The fourth-order valence-corrected chi connectivity index (χ4v) is 4.98. The Kier molecular flexibility index (Phi) is 7.64. The zero-order valence-corrected chi connectivity index (χ0v) is 20.5. The number of nitrogens with zero attached hydrogens (tertiary/aromatic N) is 2. The number of nitrogens with one attached hydrogen (secondary N) is 1. The van der Waals surface area contributed by atoms with Crippen molar-refractivity contribution in [1.82, 2.24) is 5.43 Å². The number of anilines is 1. The van der Waals surface area contributed by atoms with Crippen molar-refractivity contribution in [1.29, 1.82) is 0 Å². The highest BCUT2D eigenvalue weighted by Gasteiger charge is 2.27. The summed E-state index contributed by atoms with van der Waals surface area (Å²) in [5, 5.41) is 4.12. The maximum Gasteiger partial charge on any atom is 0.264 e. The van der Waals surface area contributed by atoms with Crippen molar-refractivity contribution < 1.29 is 13.2 Å². The first-order valence-corrected chi connectivity index (χ1v) is 12.2. The predicted octanol–water partition coefficient (Wildman–Crippen LogP) is 4.95. The summed E-state index contributed by atoms with van der Waals surface area (Å²) in [5.41, 5.74) is 4.24. The first-order valence-electron chi connectivity index (χ1n) is 9.20. The minimum Gasteiger partial charge on any atom is -0.271 e. The van der Waals surface area contributed by atoms with E-state index in [1.165, 1.54) is 12.1 Å². The maximum absolute atomic E-state index is 13.3. The molecule has 0 aliphatic rings. The van der Waals surface area contributed by atoms with Crippen LogP contribution in [-0.4, -0.2) is 26.6 Å². The number of sulfonamides is 1. The van der Waals surface area contributed by atoms with Crippen LogP contribution in [0.4, 0.5) is 5.69 Å². The molecule has 6 nitrogen and oxygen atoms in total. The second-order valence-electron chi connectivity index (χ2n) is 6.55. The molecule has 3 aromatic rings. The third kappa shape index (κ3) is 6.03. The largest absolute Gasteiger partial charge is 0.271 e. The minimum absolute atomic E-state index is 0.0941. The maximum atomic E-state index is 13.3. The van der Waals surface area contributed by atoms with Crippen molar-refractivity contribution >= 4 is 59.2 Å². The molecule has 0 heterocycles. The van der Waals surface area contributed by atoms with Gasteiger partial charge in [-0.05, 0) is 55.0 Å². The molecule has 0 bridgehead atoms. The molecular formula is C22H19Br2N3O3S. The predicted molar refractivity (Wildman–Crippen MR) is 130 cm³/mol. The minimum atomic E-state index is -3.97. The molecule has 0 saturated carbocycles. The van der Waals surface area contributed by atoms with Crippen LogP contribution >= 0.6 is 31.9 Å². The summed E-state index contributed by atoms with van der Waals surface area (Å²) in [6.45, 7) is 1.33. The lowest BCUT2D eigenvalue weighted by Crippen LogP contribution is -2.39. The molecular weight excluding hydrogens is 546 g/mol. The Labute approximate surface area is 198 Å². The zero-order valence-electron chi connectivity index (χ0n) is 16.5. The average Bonchev–Trinajstić information content (AvgIpc) is 2.76. The molecule has 0 aliphatic carbocycles. The van der Waals surface area contributed by atoms with Gasteiger partial charge in [0.2, 0.25) is 0 Å². The quantitative estimate of drug-likeness (QED) is 0.326. The molecule has 1 N–H and O–H groups in total. The van der Waals surface area contributed by atoms with Crippen LogP contribution in [0.15, 0.2) is 97.8 Å². The molecule has 3 rings (SSSR count). The Morgan fingerprint density at radius 3 is 2.23 bits per heavy atom.